The van der Waals surface area contributed by atoms with Crippen LogP contribution in [-0.2, 0) is 4.79 Å². The molecule has 0 saturated heterocycles. The van der Waals surface area contributed by atoms with Crippen molar-refractivity contribution < 1.29 is 4.79 Å². The fourth-order valence-electron chi connectivity index (χ4n) is 1.74. The first-order valence-corrected chi connectivity index (χ1v) is 8.08. The van der Waals surface area contributed by atoms with Crippen molar-refractivity contribution in [2.24, 2.45) is 0 Å². The van der Waals surface area contributed by atoms with E-state index in [-0.39, 0.29) is 5.91 Å². The Morgan fingerprint density at radius 2 is 1.85 bits per heavy atom. The Hall–Kier alpha value is -1.26. The Morgan fingerprint density at radius 1 is 1.15 bits per heavy atom. The summed E-state index contributed by atoms with van der Waals surface area (Å²) in [6.07, 6.45) is 0. The van der Waals surface area contributed by atoms with Crippen LogP contribution >= 0.6 is 27.7 Å². The average molecular weight is 350 g/mol. The molecule has 0 radical (unpaired) electrons. The Morgan fingerprint density at radius 3 is 2.55 bits per heavy atom. The average Bonchev–Trinajstić information content (AvgIpc) is 2.42. The van der Waals surface area contributed by atoms with Gasteiger partial charge in [0.05, 0.1) is 5.75 Å². The van der Waals surface area contributed by atoms with Crippen LogP contribution < -0.4 is 5.32 Å². The van der Waals surface area contributed by atoms with E-state index in [1.165, 1.54) is 11.8 Å². The van der Waals surface area contributed by atoms with Gasteiger partial charge in [-0.3, -0.25) is 4.79 Å². The van der Waals surface area contributed by atoms with Crippen LogP contribution in [0.15, 0.2) is 51.8 Å². The normalized spacial score (nSPS) is 10.3. The van der Waals surface area contributed by atoms with Crippen molar-refractivity contribution in [2.75, 3.05) is 11.1 Å². The molecule has 0 bridgehead atoms. The molecule has 0 unspecified atom stereocenters. The molecule has 1 amide bonds. The molecule has 1 N–H and O–H groups in total. The standard InChI is InChI=1S/C16H16BrNOS/c1-11-3-4-12(2)15(9-11)18-16(19)10-20-14-7-5-13(17)6-8-14/h3-9H,10H2,1-2H3,(H,18,19). The molecule has 0 aliphatic rings. The summed E-state index contributed by atoms with van der Waals surface area (Å²) < 4.78 is 1.04. The summed E-state index contributed by atoms with van der Waals surface area (Å²) in [5.74, 6) is 0.432. The number of rotatable bonds is 4. The van der Waals surface area contributed by atoms with Crippen molar-refractivity contribution in [1.29, 1.82) is 0 Å². The molecule has 4 heteroatoms. The Kier molecular flexibility index (Phi) is 5.26. The molecule has 0 heterocycles. The molecule has 0 fully saturated rings. The molecule has 20 heavy (non-hydrogen) atoms. The lowest BCUT2D eigenvalue weighted by molar-refractivity contribution is -0.113. The number of amides is 1. The zero-order chi connectivity index (χ0) is 14.5. The molecule has 0 spiro atoms. The van der Waals surface area contributed by atoms with Crippen molar-refractivity contribution >= 4 is 39.3 Å². The van der Waals surface area contributed by atoms with Crippen LogP contribution in [0.3, 0.4) is 0 Å². The fourth-order valence-corrected chi connectivity index (χ4v) is 2.70. The van der Waals surface area contributed by atoms with Gasteiger partial charge in [0.25, 0.3) is 0 Å². The molecule has 2 aromatic carbocycles. The number of thioether (sulfide) groups is 1. The van der Waals surface area contributed by atoms with Crippen molar-refractivity contribution in [3.63, 3.8) is 0 Å². The van der Waals surface area contributed by atoms with Gasteiger partial charge in [-0.05, 0) is 55.3 Å². The van der Waals surface area contributed by atoms with E-state index in [9.17, 15) is 4.79 Å². The molecule has 0 saturated carbocycles. The van der Waals surface area contributed by atoms with E-state index in [0.29, 0.717) is 5.75 Å². The molecule has 0 atom stereocenters. The first kappa shape index (κ1) is 15.1. The van der Waals surface area contributed by atoms with Crippen molar-refractivity contribution in [3.8, 4) is 0 Å². The van der Waals surface area contributed by atoms with Crippen molar-refractivity contribution in [2.45, 2.75) is 18.7 Å². The summed E-state index contributed by atoms with van der Waals surface area (Å²) in [5, 5.41) is 2.96. The molecular weight excluding hydrogens is 334 g/mol. The van der Waals surface area contributed by atoms with E-state index in [2.05, 4.69) is 21.2 Å². The second-order valence-electron chi connectivity index (χ2n) is 4.61. The second kappa shape index (κ2) is 6.95. The fraction of sp³-hybridized carbons (Fsp3) is 0.188. The predicted octanol–water partition coefficient (Wildman–Crippen LogP) is 4.80. The lowest BCUT2D eigenvalue weighted by atomic mass is 10.1. The number of halogens is 1. The first-order chi connectivity index (χ1) is 9.54. The highest BCUT2D eigenvalue weighted by molar-refractivity contribution is 9.10. The summed E-state index contributed by atoms with van der Waals surface area (Å²) >= 11 is 4.93. The smallest absolute Gasteiger partial charge is 0.234 e. The SMILES string of the molecule is Cc1ccc(C)c(NC(=O)CSc2ccc(Br)cc2)c1. The zero-order valence-electron chi connectivity index (χ0n) is 11.4. The molecule has 2 aromatic rings. The van der Waals surface area contributed by atoms with Crippen LogP contribution in [0.5, 0.6) is 0 Å². The highest BCUT2D eigenvalue weighted by atomic mass is 79.9. The number of hydrogen-bond acceptors (Lipinski definition) is 2. The minimum atomic E-state index is 0.0200. The number of hydrogen-bond donors (Lipinski definition) is 1. The highest BCUT2D eigenvalue weighted by Crippen LogP contribution is 2.21. The lowest BCUT2D eigenvalue weighted by Crippen LogP contribution is -2.14. The number of benzene rings is 2. The van der Waals surface area contributed by atoms with Crippen LogP contribution in [0.1, 0.15) is 11.1 Å². The lowest BCUT2D eigenvalue weighted by Gasteiger charge is -2.09. The third kappa shape index (κ3) is 4.39. The van der Waals surface area contributed by atoms with Crippen LogP contribution in [0.4, 0.5) is 5.69 Å². The van der Waals surface area contributed by atoms with E-state index < -0.39 is 0 Å². The number of anilines is 1. The molecule has 104 valence electrons. The maximum Gasteiger partial charge on any atom is 0.234 e. The van der Waals surface area contributed by atoms with Crippen molar-refractivity contribution in [1.82, 2.24) is 0 Å². The largest absolute Gasteiger partial charge is 0.325 e. The summed E-state index contributed by atoms with van der Waals surface area (Å²) in [6, 6.07) is 14.0. The number of carbonyl (C=O) groups is 1. The minimum absolute atomic E-state index is 0.0200. The minimum Gasteiger partial charge on any atom is -0.325 e. The predicted molar refractivity (Wildman–Crippen MR) is 89.4 cm³/mol. The summed E-state index contributed by atoms with van der Waals surface area (Å²) in [5.41, 5.74) is 3.12. The second-order valence-corrected chi connectivity index (χ2v) is 6.57. The topological polar surface area (TPSA) is 29.1 Å². The maximum absolute atomic E-state index is 12.0. The van der Waals surface area contributed by atoms with Gasteiger partial charge in [0.15, 0.2) is 0 Å². The third-order valence-electron chi connectivity index (χ3n) is 2.85. The van der Waals surface area contributed by atoms with E-state index in [0.717, 1.165) is 26.2 Å². The molecule has 2 nitrogen and oxygen atoms in total. The zero-order valence-corrected chi connectivity index (χ0v) is 13.8. The molecule has 0 aliphatic carbocycles. The van der Waals surface area contributed by atoms with E-state index in [1.807, 2.05) is 56.3 Å². The monoisotopic (exact) mass is 349 g/mol. The van der Waals surface area contributed by atoms with Crippen LogP contribution in [0.25, 0.3) is 0 Å². The Labute approximate surface area is 132 Å². The van der Waals surface area contributed by atoms with Gasteiger partial charge in [-0.25, -0.2) is 0 Å². The van der Waals surface area contributed by atoms with Crippen LogP contribution in [-0.4, -0.2) is 11.7 Å². The Balaban J connectivity index is 1.92. The summed E-state index contributed by atoms with van der Waals surface area (Å²) in [4.78, 5) is 13.1. The third-order valence-corrected chi connectivity index (χ3v) is 4.39. The van der Waals surface area contributed by atoms with E-state index >= 15 is 0 Å². The number of nitrogens with one attached hydrogen (secondary N) is 1. The summed E-state index contributed by atoms with van der Waals surface area (Å²) in [6.45, 7) is 4.02. The molecule has 0 aliphatic heterocycles. The molecular formula is C16H16BrNOS. The Bertz CT molecular complexity index is 610. The van der Waals surface area contributed by atoms with Gasteiger partial charge in [0, 0.05) is 15.1 Å². The van der Waals surface area contributed by atoms with Crippen molar-refractivity contribution in [3.05, 3.63) is 58.1 Å². The van der Waals surface area contributed by atoms with Crippen LogP contribution in [0.2, 0.25) is 0 Å². The van der Waals surface area contributed by atoms with Gasteiger partial charge in [-0.15, -0.1) is 11.8 Å². The maximum atomic E-state index is 12.0. The number of aryl methyl sites for hydroxylation is 2. The first-order valence-electron chi connectivity index (χ1n) is 6.30. The quantitative estimate of drug-likeness (QED) is 0.803. The van der Waals surface area contributed by atoms with Gasteiger partial charge >= 0.3 is 0 Å². The van der Waals surface area contributed by atoms with Gasteiger partial charge in [-0.2, -0.15) is 0 Å². The van der Waals surface area contributed by atoms with Crippen LogP contribution in [0, 0.1) is 13.8 Å². The molecule has 0 aromatic heterocycles. The highest BCUT2D eigenvalue weighted by Gasteiger charge is 2.06. The van der Waals surface area contributed by atoms with Gasteiger partial charge in [-0.1, -0.05) is 28.1 Å². The van der Waals surface area contributed by atoms with E-state index in [1.54, 1.807) is 0 Å². The van der Waals surface area contributed by atoms with Gasteiger partial charge < -0.3 is 5.32 Å². The molecule has 2 rings (SSSR count). The number of carbonyl (C=O) groups excluding carboxylic acids is 1. The van der Waals surface area contributed by atoms with E-state index in [4.69, 9.17) is 0 Å². The van der Waals surface area contributed by atoms with Gasteiger partial charge in [0.2, 0.25) is 5.91 Å². The summed E-state index contributed by atoms with van der Waals surface area (Å²) in [7, 11) is 0. The van der Waals surface area contributed by atoms with Gasteiger partial charge in [0.1, 0.15) is 0 Å².